The molecule has 0 amide bonds. The number of halogens is 1. The Hall–Kier alpha value is -1.35. The van der Waals surface area contributed by atoms with Crippen molar-refractivity contribution >= 4 is 27.4 Å². The number of anilines is 2. The van der Waals surface area contributed by atoms with Crippen LogP contribution in [0.25, 0.3) is 0 Å². The van der Waals surface area contributed by atoms with Gasteiger partial charge in [0, 0.05) is 5.69 Å². The Kier molecular flexibility index (Phi) is 3.79. The number of rotatable bonds is 3. The first-order valence-corrected chi connectivity index (χ1v) is 6.44. The van der Waals surface area contributed by atoms with Crippen LogP contribution in [0.3, 0.4) is 0 Å². The molecule has 0 aliphatic rings. The lowest BCUT2D eigenvalue weighted by atomic mass is 10.0. The predicted molar refractivity (Wildman–Crippen MR) is 75.8 cm³/mol. The molecule has 0 saturated heterocycles. The molecule has 17 heavy (non-hydrogen) atoms. The van der Waals surface area contributed by atoms with Crippen LogP contribution in [0, 0.1) is 0 Å². The van der Waals surface area contributed by atoms with E-state index in [1.54, 1.807) is 0 Å². The summed E-state index contributed by atoms with van der Waals surface area (Å²) in [5.74, 6) is 1.35. The molecule has 1 aromatic carbocycles. The summed E-state index contributed by atoms with van der Waals surface area (Å²) in [6.07, 6.45) is 0. The minimum atomic E-state index is 0.492. The maximum Gasteiger partial charge on any atom is 0.131 e. The third kappa shape index (κ3) is 3.07. The lowest BCUT2D eigenvalue weighted by Gasteiger charge is -2.13. The van der Waals surface area contributed by atoms with Gasteiger partial charge in [-0.3, -0.25) is 0 Å². The van der Waals surface area contributed by atoms with Gasteiger partial charge in [0.05, 0.1) is 0 Å². The fraction of sp³-hybridized carbons (Fsp3) is 0.214. The van der Waals surface area contributed by atoms with Crippen molar-refractivity contribution in [2.75, 3.05) is 5.32 Å². The molecule has 1 heterocycles. The minimum Gasteiger partial charge on any atom is -0.340 e. The Morgan fingerprint density at radius 2 is 1.82 bits per heavy atom. The smallest absolute Gasteiger partial charge is 0.131 e. The van der Waals surface area contributed by atoms with Gasteiger partial charge in [-0.2, -0.15) is 0 Å². The first-order chi connectivity index (χ1) is 8.16. The predicted octanol–water partition coefficient (Wildman–Crippen LogP) is 4.71. The quantitative estimate of drug-likeness (QED) is 0.828. The number of nitrogens with one attached hydrogen (secondary N) is 1. The van der Waals surface area contributed by atoms with Crippen LogP contribution in [0.4, 0.5) is 11.5 Å². The molecule has 0 fully saturated rings. The van der Waals surface area contributed by atoms with Gasteiger partial charge in [0.15, 0.2) is 0 Å². The van der Waals surface area contributed by atoms with E-state index in [0.717, 1.165) is 16.1 Å². The van der Waals surface area contributed by atoms with E-state index in [9.17, 15) is 0 Å². The average Bonchev–Trinajstić information content (AvgIpc) is 2.29. The van der Waals surface area contributed by atoms with E-state index in [1.165, 1.54) is 5.56 Å². The number of pyridine rings is 1. The lowest BCUT2D eigenvalue weighted by molar-refractivity contribution is 0.869. The molecule has 2 nitrogen and oxygen atoms in total. The van der Waals surface area contributed by atoms with Crippen molar-refractivity contribution in [1.82, 2.24) is 4.98 Å². The summed E-state index contributed by atoms with van der Waals surface area (Å²) in [5, 5.41) is 3.35. The molecule has 0 bridgehead atoms. The van der Waals surface area contributed by atoms with Crippen molar-refractivity contribution in [2.45, 2.75) is 19.8 Å². The van der Waals surface area contributed by atoms with Gasteiger partial charge in [0.1, 0.15) is 10.4 Å². The summed E-state index contributed by atoms with van der Waals surface area (Å²) in [7, 11) is 0. The molecular formula is C14H15BrN2. The highest BCUT2D eigenvalue weighted by Crippen LogP contribution is 2.26. The molecule has 0 aliphatic heterocycles. The summed E-state index contributed by atoms with van der Waals surface area (Å²) in [6.45, 7) is 4.38. The van der Waals surface area contributed by atoms with Gasteiger partial charge in [-0.05, 0) is 45.6 Å². The van der Waals surface area contributed by atoms with Crippen LogP contribution in [0.15, 0.2) is 47.1 Å². The van der Waals surface area contributed by atoms with E-state index in [-0.39, 0.29) is 0 Å². The summed E-state index contributed by atoms with van der Waals surface area (Å²) in [5.41, 5.74) is 2.42. The molecule has 0 unspecified atom stereocenters. The maximum atomic E-state index is 4.37. The van der Waals surface area contributed by atoms with Crippen molar-refractivity contribution in [3.63, 3.8) is 0 Å². The third-order valence-electron chi connectivity index (χ3n) is 2.56. The van der Waals surface area contributed by atoms with E-state index < -0.39 is 0 Å². The second-order valence-electron chi connectivity index (χ2n) is 4.21. The first-order valence-electron chi connectivity index (χ1n) is 5.65. The number of nitrogens with zero attached hydrogens (tertiary/aromatic N) is 1. The van der Waals surface area contributed by atoms with Crippen LogP contribution in [0.1, 0.15) is 25.3 Å². The normalized spacial score (nSPS) is 10.6. The van der Waals surface area contributed by atoms with Crippen molar-refractivity contribution in [1.29, 1.82) is 0 Å². The topological polar surface area (TPSA) is 24.9 Å². The molecule has 0 atom stereocenters. The third-order valence-corrected chi connectivity index (χ3v) is 3.00. The van der Waals surface area contributed by atoms with Gasteiger partial charge in [0.25, 0.3) is 0 Å². The number of hydrogen-bond donors (Lipinski definition) is 1. The van der Waals surface area contributed by atoms with Gasteiger partial charge in [-0.1, -0.05) is 38.1 Å². The Balaban J connectivity index is 2.30. The molecule has 3 heteroatoms. The van der Waals surface area contributed by atoms with Crippen molar-refractivity contribution in [3.8, 4) is 0 Å². The summed E-state index contributed by atoms with van der Waals surface area (Å²) < 4.78 is 0.838. The van der Waals surface area contributed by atoms with E-state index in [1.807, 2.05) is 24.3 Å². The highest BCUT2D eigenvalue weighted by atomic mass is 79.9. The maximum absolute atomic E-state index is 4.37. The molecular weight excluding hydrogens is 276 g/mol. The Morgan fingerprint density at radius 3 is 2.53 bits per heavy atom. The average molecular weight is 291 g/mol. The van der Waals surface area contributed by atoms with Gasteiger partial charge in [-0.15, -0.1) is 0 Å². The van der Waals surface area contributed by atoms with Crippen molar-refractivity contribution in [2.24, 2.45) is 0 Å². The summed E-state index contributed by atoms with van der Waals surface area (Å²) in [4.78, 5) is 4.37. The zero-order chi connectivity index (χ0) is 12.3. The second kappa shape index (κ2) is 5.32. The standard InChI is InChI=1S/C14H15BrN2/c1-10(2)11-6-3-4-7-12(11)16-14-9-5-8-13(15)17-14/h3-10H,1-2H3,(H,16,17). The molecule has 0 saturated carbocycles. The van der Waals surface area contributed by atoms with E-state index in [2.05, 4.69) is 58.3 Å². The Morgan fingerprint density at radius 1 is 1.06 bits per heavy atom. The molecule has 2 rings (SSSR count). The number of para-hydroxylation sites is 1. The van der Waals surface area contributed by atoms with Crippen LogP contribution in [0.5, 0.6) is 0 Å². The minimum absolute atomic E-state index is 0.492. The van der Waals surface area contributed by atoms with Gasteiger partial charge < -0.3 is 5.32 Å². The SMILES string of the molecule is CC(C)c1ccccc1Nc1cccc(Br)n1. The van der Waals surface area contributed by atoms with Crippen LogP contribution < -0.4 is 5.32 Å². The fourth-order valence-electron chi connectivity index (χ4n) is 1.73. The molecule has 88 valence electrons. The zero-order valence-corrected chi connectivity index (χ0v) is 11.5. The molecule has 0 aliphatic carbocycles. The monoisotopic (exact) mass is 290 g/mol. The fourth-order valence-corrected chi connectivity index (χ4v) is 2.07. The van der Waals surface area contributed by atoms with Crippen molar-refractivity contribution in [3.05, 3.63) is 52.6 Å². The molecule has 0 radical (unpaired) electrons. The summed E-state index contributed by atoms with van der Waals surface area (Å²) in [6, 6.07) is 14.2. The highest BCUT2D eigenvalue weighted by molar-refractivity contribution is 9.10. The first kappa shape index (κ1) is 12.1. The van der Waals surface area contributed by atoms with Crippen LogP contribution in [-0.2, 0) is 0 Å². The van der Waals surface area contributed by atoms with Gasteiger partial charge in [0.2, 0.25) is 0 Å². The van der Waals surface area contributed by atoms with Gasteiger partial charge >= 0.3 is 0 Å². The van der Waals surface area contributed by atoms with E-state index in [0.29, 0.717) is 5.92 Å². The molecule has 1 aromatic heterocycles. The lowest BCUT2D eigenvalue weighted by Crippen LogP contribution is -1.99. The van der Waals surface area contributed by atoms with Crippen LogP contribution >= 0.6 is 15.9 Å². The highest BCUT2D eigenvalue weighted by Gasteiger charge is 2.06. The molecule has 1 N–H and O–H groups in total. The van der Waals surface area contributed by atoms with E-state index in [4.69, 9.17) is 0 Å². The largest absolute Gasteiger partial charge is 0.340 e. The van der Waals surface area contributed by atoms with Gasteiger partial charge in [-0.25, -0.2) is 4.98 Å². The van der Waals surface area contributed by atoms with Crippen molar-refractivity contribution < 1.29 is 0 Å². The number of benzene rings is 1. The zero-order valence-electron chi connectivity index (χ0n) is 9.94. The van der Waals surface area contributed by atoms with Crippen LogP contribution in [0.2, 0.25) is 0 Å². The number of hydrogen-bond acceptors (Lipinski definition) is 2. The number of aromatic nitrogens is 1. The Bertz CT molecular complexity index is 509. The van der Waals surface area contributed by atoms with E-state index >= 15 is 0 Å². The Labute approximate surface area is 110 Å². The van der Waals surface area contributed by atoms with Crippen LogP contribution in [-0.4, -0.2) is 4.98 Å². The molecule has 2 aromatic rings. The second-order valence-corrected chi connectivity index (χ2v) is 5.02. The summed E-state index contributed by atoms with van der Waals surface area (Å²) >= 11 is 3.37. The molecule has 0 spiro atoms.